The van der Waals surface area contributed by atoms with Gasteiger partial charge in [-0.1, -0.05) is 12.2 Å². The first-order valence-corrected chi connectivity index (χ1v) is 7.52. The minimum absolute atomic E-state index is 0.0513. The van der Waals surface area contributed by atoms with Crippen molar-refractivity contribution in [3.05, 3.63) is 23.8 Å². The third-order valence-corrected chi connectivity index (χ3v) is 4.16. The Morgan fingerprint density at radius 2 is 2.28 bits per heavy atom. The number of ether oxygens (including phenoxy) is 1. The number of anilines is 1. The monoisotopic (exact) mass is 286 g/mol. The lowest BCUT2D eigenvalue weighted by Gasteiger charge is -2.15. The molecule has 0 heterocycles. The maximum Gasteiger partial charge on any atom is 0.120 e. The molecular weight excluding hydrogens is 268 g/mol. The van der Waals surface area contributed by atoms with Gasteiger partial charge in [-0.2, -0.15) is 0 Å². The van der Waals surface area contributed by atoms with Gasteiger partial charge in [-0.25, -0.2) is 0 Å². The maximum absolute atomic E-state index is 11.3. The smallest absolute Gasteiger partial charge is 0.120 e. The summed E-state index contributed by atoms with van der Waals surface area (Å²) >= 11 is 5.00. The summed E-state index contributed by atoms with van der Waals surface area (Å²) < 4.78 is 16.5. The van der Waals surface area contributed by atoms with Gasteiger partial charge in [0.05, 0.1) is 7.11 Å². The van der Waals surface area contributed by atoms with Gasteiger partial charge >= 0.3 is 0 Å². The average Bonchev–Trinajstić information content (AvgIpc) is 2.34. The summed E-state index contributed by atoms with van der Waals surface area (Å²) in [7, 11) is 0.734. The van der Waals surface area contributed by atoms with Crippen molar-refractivity contribution < 1.29 is 8.95 Å². The van der Waals surface area contributed by atoms with Crippen LogP contribution in [0.2, 0.25) is 0 Å². The molecule has 4 nitrogen and oxygen atoms in total. The van der Waals surface area contributed by atoms with Gasteiger partial charge in [-0.3, -0.25) is 4.21 Å². The number of hydrogen-bond donors (Lipinski definition) is 2. The Morgan fingerprint density at radius 3 is 2.78 bits per heavy atom. The Bertz CT molecular complexity index is 463. The van der Waals surface area contributed by atoms with Crippen LogP contribution in [0.5, 0.6) is 5.75 Å². The van der Waals surface area contributed by atoms with Crippen molar-refractivity contribution in [1.29, 1.82) is 0 Å². The lowest BCUT2D eigenvalue weighted by molar-refractivity contribution is 0.415. The minimum Gasteiger partial charge on any atom is -0.497 e. The normalized spacial score (nSPS) is 13.7. The van der Waals surface area contributed by atoms with Crippen LogP contribution in [0, 0.1) is 0 Å². The van der Waals surface area contributed by atoms with Crippen molar-refractivity contribution >= 4 is 33.7 Å². The predicted molar refractivity (Wildman–Crippen MR) is 80.9 cm³/mol. The number of rotatable bonds is 6. The van der Waals surface area contributed by atoms with E-state index in [4.69, 9.17) is 22.7 Å². The van der Waals surface area contributed by atoms with Crippen LogP contribution in [0.1, 0.15) is 12.5 Å². The Labute approximate surface area is 115 Å². The third-order valence-electron chi connectivity index (χ3n) is 2.64. The first-order chi connectivity index (χ1) is 8.45. The minimum atomic E-state index is -0.866. The van der Waals surface area contributed by atoms with Crippen LogP contribution in [-0.4, -0.2) is 34.4 Å². The van der Waals surface area contributed by atoms with Crippen molar-refractivity contribution in [2.45, 2.75) is 12.2 Å². The number of thiocarbonyl (C=S) groups is 1. The molecule has 0 spiro atoms. The second kappa shape index (κ2) is 6.70. The summed E-state index contributed by atoms with van der Waals surface area (Å²) in [5, 5.41) is 3.26. The van der Waals surface area contributed by atoms with Crippen LogP contribution in [0.25, 0.3) is 0 Å². The Hall–Kier alpha value is -1.14. The molecule has 1 aromatic rings. The molecule has 6 heteroatoms. The lowest BCUT2D eigenvalue weighted by Crippen LogP contribution is -2.22. The second-order valence-electron chi connectivity index (χ2n) is 3.97. The first-order valence-electron chi connectivity index (χ1n) is 5.49. The van der Waals surface area contributed by atoms with Crippen LogP contribution >= 0.6 is 12.2 Å². The molecule has 0 aromatic heterocycles. The van der Waals surface area contributed by atoms with E-state index in [1.165, 1.54) is 0 Å². The van der Waals surface area contributed by atoms with E-state index in [2.05, 4.69) is 5.32 Å². The highest BCUT2D eigenvalue weighted by atomic mass is 32.2. The molecule has 18 heavy (non-hydrogen) atoms. The van der Waals surface area contributed by atoms with Crippen LogP contribution in [-0.2, 0) is 10.8 Å². The van der Waals surface area contributed by atoms with Gasteiger partial charge in [0.25, 0.3) is 0 Å². The fourth-order valence-corrected chi connectivity index (χ4v) is 1.88. The average molecular weight is 286 g/mol. The highest BCUT2D eigenvalue weighted by Gasteiger charge is 2.10. The molecule has 0 saturated heterocycles. The topological polar surface area (TPSA) is 64.3 Å². The highest BCUT2D eigenvalue weighted by molar-refractivity contribution is 7.84. The van der Waals surface area contributed by atoms with Crippen LogP contribution < -0.4 is 15.8 Å². The van der Waals surface area contributed by atoms with Crippen molar-refractivity contribution in [2.24, 2.45) is 5.73 Å². The molecule has 100 valence electrons. The number of nitrogens with two attached hydrogens (primary N) is 1. The molecule has 0 fully saturated rings. The van der Waals surface area contributed by atoms with E-state index >= 15 is 0 Å². The Kier molecular flexibility index (Phi) is 5.55. The van der Waals surface area contributed by atoms with E-state index in [0.717, 1.165) is 17.0 Å². The van der Waals surface area contributed by atoms with E-state index in [9.17, 15) is 4.21 Å². The van der Waals surface area contributed by atoms with Gasteiger partial charge in [-0.05, 0) is 19.1 Å². The second-order valence-corrected chi connectivity index (χ2v) is 6.21. The van der Waals surface area contributed by atoms with Crippen molar-refractivity contribution in [2.75, 3.05) is 25.2 Å². The summed E-state index contributed by atoms with van der Waals surface area (Å²) in [5.41, 5.74) is 7.23. The molecule has 3 N–H and O–H groups in total. The highest BCUT2D eigenvalue weighted by Crippen LogP contribution is 2.22. The quantitative estimate of drug-likeness (QED) is 0.776. The summed E-state index contributed by atoms with van der Waals surface area (Å²) in [5.74, 6) is 0.725. The van der Waals surface area contributed by atoms with Crippen LogP contribution in [0.4, 0.5) is 5.69 Å². The number of hydrogen-bond acceptors (Lipinski definition) is 4. The number of methoxy groups -OCH3 is 1. The molecule has 1 aromatic carbocycles. The van der Waals surface area contributed by atoms with Crippen molar-refractivity contribution in [1.82, 2.24) is 0 Å². The van der Waals surface area contributed by atoms with Crippen molar-refractivity contribution in [3.8, 4) is 5.75 Å². The molecule has 0 amide bonds. The lowest BCUT2D eigenvalue weighted by atomic mass is 10.1. The Morgan fingerprint density at radius 1 is 1.61 bits per heavy atom. The molecular formula is C12H18N2O2S2. The molecule has 2 atom stereocenters. The van der Waals surface area contributed by atoms with Crippen LogP contribution in [0.15, 0.2) is 18.2 Å². The maximum atomic E-state index is 11.3. The van der Waals surface area contributed by atoms with Gasteiger partial charge in [0.1, 0.15) is 10.7 Å². The number of benzene rings is 1. The SMILES string of the molecule is COc1ccc(C(N)=S)c(NCC(C)S(C)=O)c1. The fraction of sp³-hybridized carbons (Fsp3) is 0.417. The number of nitrogens with one attached hydrogen (secondary N) is 1. The Balaban J connectivity index is 2.90. The van der Waals surface area contributed by atoms with Crippen molar-refractivity contribution in [3.63, 3.8) is 0 Å². The standard InChI is InChI=1S/C12H18N2O2S2/c1-8(18(3)15)7-14-11-6-9(16-2)4-5-10(11)12(13)17/h4-6,8,14H,7H2,1-3H3,(H2,13,17). The summed E-state index contributed by atoms with van der Waals surface area (Å²) in [6.45, 7) is 2.51. The van der Waals surface area contributed by atoms with E-state index in [0.29, 0.717) is 11.5 Å². The zero-order valence-corrected chi connectivity index (χ0v) is 12.4. The summed E-state index contributed by atoms with van der Waals surface area (Å²) in [6.07, 6.45) is 1.69. The summed E-state index contributed by atoms with van der Waals surface area (Å²) in [4.78, 5) is 0.324. The molecule has 0 aliphatic carbocycles. The fourth-order valence-electron chi connectivity index (χ4n) is 1.38. The third kappa shape index (κ3) is 3.96. The van der Waals surface area contributed by atoms with E-state index in [1.807, 2.05) is 19.1 Å². The van der Waals surface area contributed by atoms with Gasteiger partial charge < -0.3 is 15.8 Å². The molecule has 0 aliphatic heterocycles. The summed E-state index contributed by atoms with van der Waals surface area (Å²) in [6, 6.07) is 5.46. The molecule has 0 radical (unpaired) electrons. The first kappa shape index (κ1) is 14.9. The van der Waals surface area contributed by atoms with Gasteiger partial charge in [0.2, 0.25) is 0 Å². The van der Waals surface area contributed by atoms with Gasteiger partial charge in [-0.15, -0.1) is 0 Å². The van der Waals surface area contributed by atoms with E-state index in [1.54, 1.807) is 19.4 Å². The zero-order chi connectivity index (χ0) is 13.7. The van der Waals surface area contributed by atoms with E-state index in [-0.39, 0.29) is 5.25 Å². The molecule has 1 rings (SSSR count). The van der Waals surface area contributed by atoms with Gasteiger partial charge in [0.15, 0.2) is 0 Å². The van der Waals surface area contributed by atoms with E-state index < -0.39 is 10.8 Å². The molecule has 0 aliphatic rings. The predicted octanol–water partition coefficient (Wildman–Crippen LogP) is 1.51. The van der Waals surface area contributed by atoms with Gasteiger partial charge in [0, 0.05) is 46.2 Å². The van der Waals surface area contributed by atoms with Crippen LogP contribution in [0.3, 0.4) is 0 Å². The zero-order valence-electron chi connectivity index (χ0n) is 10.7. The largest absolute Gasteiger partial charge is 0.497 e. The molecule has 0 saturated carbocycles. The molecule has 0 bridgehead atoms. The molecule has 2 unspecified atom stereocenters.